The van der Waals surface area contributed by atoms with Gasteiger partial charge in [-0.15, -0.1) is 0 Å². The number of nitrogens with zero attached hydrogens (tertiary/aromatic N) is 1. The number of nitrogens with one attached hydrogen (secondary N) is 2. The summed E-state index contributed by atoms with van der Waals surface area (Å²) >= 11 is 0. The molecular formula is C15H20N4O2. The molecule has 4 N–H and O–H groups in total. The second-order valence-corrected chi connectivity index (χ2v) is 4.57. The predicted molar refractivity (Wildman–Crippen MR) is 81.1 cm³/mol. The number of imidazole rings is 1. The van der Waals surface area contributed by atoms with Crippen LogP contribution >= 0.6 is 0 Å². The number of nitrogens with two attached hydrogens (primary N) is 1. The van der Waals surface area contributed by atoms with Gasteiger partial charge in [0, 0.05) is 12.4 Å². The topological polar surface area (TPSA) is 93.0 Å². The fourth-order valence-corrected chi connectivity index (χ4v) is 2.11. The third-order valence-electron chi connectivity index (χ3n) is 3.14. The lowest BCUT2D eigenvalue weighted by Crippen LogP contribution is -2.29. The fraction of sp³-hybridized carbons (Fsp3) is 0.333. The molecule has 0 aliphatic heterocycles. The van der Waals surface area contributed by atoms with Gasteiger partial charge in [0.2, 0.25) is 0 Å². The standard InChI is InChI=1S/C15H20N4O2/c1-3-12(14-17-8-9-18-14)19-15(20)10-6-5-7-11(16)13(10)21-4-2/h5-9,12H,3-4,16H2,1-2H3,(H,17,18)(H,19,20). The van der Waals surface area contributed by atoms with E-state index < -0.39 is 0 Å². The minimum atomic E-state index is -0.228. The number of aromatic amines is 1. The summed E-state index contributed by atoms with van der Waals surface area (Å²) in [7, 11) is 0. The van der Waals surface area contributed by atoms with Crippen molar-refractivity contribution in [3.63, 3.8) is 0 Å². The first kappa shape index (κ1) is 14.9. The van der Waals surface area contributed by atoms with Crippen molar-refractivity contribution in [1.29, 1.82) is 0 Å². The highest BCUT2D eigenvalue weighted by molar-refractivity contribution is 5.98. The number of amides is 1. The molecule has 0 spiro atoms. The number of nitrogen functional groups attached to an aromatic ring is 1. The molecule has 0 radical (unpaired) electrons. The normalized spacial score (nSPS) is 11.9. The van der Waals surface area contributed by atoms with E-state index >= 15 is 0 Å². The fourth-order valence-electron chi connectivity index (χ4n) is 2.11. The van der Waals surface area contributed by atoms with Gasteiger partial charge in [0.15, 0.2) is 5.75 Å². The number of carbonyl (C=O) groups excluding carboxylic acids is 1. The number of para-hydroxylation sites is 1. The first-order valence-corrected chi connectivity index (χ1v) is 6.98. The zero-order valence-electron chi connectivity index (χ0n) is 12.2. The van der Waals surface area contributed by atoms with Crippen molar-refractivity contribution in [2.24, 2.45) is 0 Å². The van der Waals surface area contributed by atoms with E-state index in [1.807, 2.05) is 13.8 Å². The van der Waals surface area contributed by atoms with Gasteiger partial charge in [-0.1, -0.05) is 13.0 Å². The van der Waals surface area contributed by atoms with Crippen LogP contribution in [0.5, 0.6) is 5.75 Å². The lowest BCUT2D eigenvalue weighted by atomic mass is 10.1. The van der Waals surface area contributed by atoms with Crippen LogP contribution in [-0.4, -0.2) is 22.5 Å². The molecule has 0 bridgehead atoms. The van der Waals surface area contributed by atoms with E-state index in [0.29, 0.717) is 23.6 Å². The summed E-state index contributed by atoms with van der Waals surface area (Å²) in [5.74, 6) is 0.925. The van der Waals surface area contributed by atoms with Crippen molar-refractivity contribution in [1.82, 2.24) is 15.3 Å². The second kappa shape index (κ2) is 6.78. The predicted octanol–water partition coefficient (Wildman–Crippen LogP) is 2.27. The van der Waals surface area contributed by atoms with Gasteiger partial charge in [-0.05, 0) is 25.5 Å². The third kappa shape index (κ3) is 3.34. The van der Waals surface area contributed by atoms with Gasteiger partial charge in [-0.3, -0.25) is 4.79 Å². The van der Waals surface area contributed by atoms with E-state index in [-0.39, 0.29) is 11.9 Å². The highest BCUT2D eigenvalue weighted by Gasteiger charge is 2.19. The van der Waals surface area contributed by atoms with Crippen LogP contribution in [0.15, 0.2) is 30.6 Å². The molecule has 1 atom stereocenters. The van der Waals surface area contributed by atoms with Crippen LogP contribution < -0.4 is 15.8 Å². The van der Waals surface area contributed by atoms with Crippen LogP contribution in [0.25, 0.3) is 0 Å². The zero-order chi connectivity index (χ0) is 15.2. The summed E-state index contributed by atoms with van der Waals surface area (Å²) < 4.78 is 5.49. The average molecular weight is 288 g/mol. The van der Waals surface area contributed by atoms with Crippen molar-refractivity contribution in [2.75, 3.05) is 12.3 Å². The molecule has 6 heteroatoms. The van der Waals surface area contributed by atoms with Crippen molar-refractivity contribution >= 4 is 11.6 Å². The van der Waals surface area contributed by atoms with Crippen molar-refractivity contribution < 1.29 is 9.53 Å². The van der Waals surface area contributed by atoms with Crippen LogP contribution in [0.4, 0.5) is 5.69 Å². The number of rotatable bonds is 6. The summed E-state index contributed by atoms with van der Waals surface area (Å²) in [6.07, 6.45) is 4.12. The van der Waals surface area contributed by atoms with Gasteiger partial charge < -0.3 is 20.8 Å². The van der Waals surface area contributed by atoms with Gasteiger partial charge in [0.25, 0.3) is 5.91 Å². The number of carbonyl (C=O) groups is 1. The van der Waals surface area contributed by atoms with Gasteiger partial charge in [0.05, 0.1) is 23.9 Å². The van der Waals surface area contributed by atoms with Gasteiger partial charge in [-0.25, -0.2) is 4.98 Å². The SMILES string of the molecule is CCOc1c(N)cccc1C(=O)NC(CC)c1ncc[nH]1. The highest BCUT2D eigenvalue weighted by Crippen LogP contribution is 2.27. The maximum Gasteiger partial charge on any atom is 0.255 e. The number of anilines is 1. The van der Waals surface area contributed by atoms with E-state index in [0.717, 1.165) is 12.2 Å². The van der Waals surface area contributed by atoms with Crippen LogP contribution in [0.3, 0.4) is 0 Å². The van der Waals surface area contributed by atoms with Crippen molar-refractivity contribution in [3.8, 4) is 5.75 Å². The molecule has 0 fully saturated rings. The maximum absolute atomic E-state index is 12.5. The molecule has 0 saturated carbocycles. The minimum absolute atomic E-state index is 0.177. The van der Waals surface area contributed by atoms with E-state index in [9.17, 15) is 4.79 Å². The smallest absolute Gasteiger partial charge is 0.255 e. The maximum atomic E-state index is 12.5. The van der Waals surface area contributed by atoms with Crippen molar-refractivity contribution in [2.45, 2.75) is 26.3 Å². The Morgan fingerprint density at radius 3 is 2.90 bits per heavy atom. The van der Waals surface area contributed by atoms with E-state index in [2.05, 4.69) is 15.3 Å². The number of ether oxygens (including phenoxy) is 1. The molecule has 21 heavy (non-hydrogen) atoms. The quantitative estimate of drug-likeness (QED) is 0.711. The molecule has 0 aliphatic rings. The number of hydrogen-bond donors (Lipinski definition) is 3. The number of hydrogen-bond acceptors (Lipinski definition) is 4. The molecule has 1 unspecified atom stereocenters. The lowest BCUT2D eigenvalue weighted by Gasteiger charge is -2.17. The molecule has 0 aliphatic carbocycles. The minimum Gasteiger partial charge on any atom is -0.491 e. The summed E-state index contributed by atoms with van der Waals surface area (Å²) in [5, 5.41) is 2.94. The van der Waals surface area contributed by atoms with Gasteiger partial charge in [0.1, 0.15) is 5.82 Å². The Morgan fingerprint density at radius 2 is 2.29 bits per heavy atom. The first-order chi connectivity index (χ1) is 10.2. The molecule has 0 saturated heterocycles. The van der Waals surface area contributed by atoms with Gasteiger partial charge >= 0.3 is 0 Å². The van der Waals surface area contributed by atoms with E-state index in [1.165, 1.54) is 0 Å². The Morgan fingerprint density at radius 1 is 1.48 bits per heavy atom. The number of benzene rings is 1. The van der Waals surface area contributed by atoms with Crippen LogP contribution in [0.1, 0.15) is 42.5 Å². The highest BCUT2D eigenvalue weighted by atomic mass is 16.5. The molecule has 1 heterocycles. The van der Waals surface area contributed by atoms with Crippen molar-refractivity contribution in [3.05, 3.63) is 42.0 Å². The second-order valence-electron chi connectivity index (χ2n) is 4.57. The van der Waals surface area contributed by atoms with Crippen LogP contribution in [-0.2, 0) is 0 Å². The Hall–Kier alpha value is -2.50. The molecule has 112 valence electrons. The molecule has 2 rings (SSSR count). The molecule has 6 nitrogen and oxygen atoms in total. The Bertz CT molecular complexity index is 596. The summed E-state index contributed by atoms with van der Waals surface area (Å²) in [5.41, 5.74) is 6.77. The van der Waals surface area contributed by atoms with Gasteiger partial charge in [-0.2, -0.15) is 0 Å². The molecule has 1 aromatic carbocycles. The molecular weight excluding hydrogens is 268 g/mol. The summed E-state index contributed by atoms with van der Waals surface area (Å²) in [4.78, 5) is 19.7. The van der Waals surface area contributed by atoms with E-state index in [4.69, 9.17) is 10.5 Å². The Balaban J connectivity index is 2.22. The molecule has 1 amide bonds. The Kier molecular flexibility index (Phi) is 4.81. The first-order valence-electron chi connectivity index (χ1n) is 6.98. The summed E-state index contributed by atoms with van der Waals surface area (Å²) in [6, 6.07) is 4.97. The Labute approximate surface area is 123 Å². The van der Waals surface area contributed by atoms with Crippen LogP contribution in [0, 0.1) is 0 Å². The number of aromatic nitrogens is 2. The summed E-state index contributed by atoms with van der Waals surface area (Å²) in [6.45, 7) is 4.28. The zero-order valence-corrected chi connectivity index (χ0v) is 12.2. The van der Waals surface area contributed by atoms with Crippen LogP contribution in [0.2, 0.25) is 0 Å². The molecule has 1 aromatic heterocycles. The number of H-pyrrole nitrogens is 1. The average Bonchev–Trinajstić information content (AvgIpc) is 3.01. The largest absolute Gasteiger partial charge is 0.491 e. The monoisotopic (exact) mass is 288 g/mol. The molecule has 2 aromatic rings. The van der Waals surface area contributed by atoms with E-state index in [1.54, 1.807) is 30.6 Å². The third-order valence-corrected chi connectivity index (χ3v) is 3.14. The lowest BCUT2D eigenvalue weighted by molar-refractivity contribution is 0.0930.